The van der Waals surface area contributed by atoms with Crippen LogP contribution in [0.2, 0.25) is 0 Å². The van der Waals surface area contributed by atoms with Gasteiger partial charge in [0.2, 0.25) is 0 Å². The van der Waals surface area contributed by atoms with Crippen molar-refractivity contribution in [2.75, 3.05) is 13.1 Å². The van der Waals surface area contributed by atoms with Crippen LogP contribution in [0.25, 0.3) is 0 Å². The molecule has 0 aromatic heterocycles. The number of phenols is 1. The van der Waals surface area contributed by atoms with Crippen molar-refractivity contribution in [2.45, 2.75) is 31.7 Å². The van der Waals surface area contributed by atoms with Gasteiger partial charge in [0.15, 0.2) is 5.78 Å². The molecule has 0 heterocycles. The summed E-state index contributed by atoms with van der Waals surface area (Å²) in [6.07, 6.45) is 5.15. The number of nitrogens with zero attached hydrogens (tertiary/aromatic N) is 1. The number of hydrogen-bond donors (Lipinski definition) is 1. The number of aromatic hydroxyl groups is 1. The van der Waals surface area contributed by atoms with Gasteiger partial charge < -0.3 is 5.11 Å². The van der Waals surface area contributed by atoms with E-state index in [2.05, 4.69) is 4.90 Å². The second-order valence-corrected chi connectivity index (χ2v) is 5.57. The first kappa shape index (κ1) is 11.7. The molecule has 0 spiro atoms. The Labute approximate surface area is 107 Å². The quantitative estimate of drug-likeness (QED) is 0.783. The van der Waals surface area contributed by atoms with E-state index in [0.29, 0.717) is 18.2 Å². The van der Waals surface area contributed by atoms with Crippen molar-refractivity contribution >= 4 is 5.78 Å². The van der Waals surface area contributed by atoms with Crippen molar-refractivity contribution in [2.24, 2.45) is 5.92 Å². The van der Waals surface area contributed by atoms with Gasteiger partial charge in [0.1, 0.15) is 5.75 Å². The Morgan fingerprint density at radius 1 is 1.17 bits per heavy atom. The van der Waals surface area contributed by atoms with Crippen LogP contribution in [-0.2, 0) is 0 Å². The molecule has 3 nitrogen and oxygen atoms in total. The molecule has 0 amide bonds. The van der Waals surface area contributed by atoms with Gasteiger partial charge >= 0.3 is 0 Å². The van der Waals surface area contributed by atoms with Gasteiger partial charge in [-0.25, -0.2) is 0 Å². The molecule has 0 saturated heterocycles. The molecule has 3 heteroatoms. The van der Waals surface area contributed by atoms with Crippen LogP contribution in [-0.4, -0.2) is 34.9 Å². The highest BCUT2D eigenvalue weighted by molar-refractivity contribution is 5.97. The van der Waals surface area contributed by atoms with Gasteiger partial charge in [-0.2, -0.15) is 0 Å². The van der Waals surface area contributed by atoms with Crippen molar-refractivity contribution in [3.05, 3.63) is 29.8 Å². The summed E-state index contributed by atoms with van der Waals surface area (Å²) in [6, 6.07) is 7.22. The molecule has 1 aromatic carbocycles. The summed E-state index contributed by atoms with van der Waals surface area (Å²) >= 11 is 0. The minimum absolute atomic E-state index is 0.169. The van der Waals surface area contributed by atoms with Crippen molar-refractivity contribution in [3.8, 4) is 5.75 Å². The predicted molar refractivity (Wildman–Crippen MR) is 69.8 cm³/mol. The molecule has 3 rings (SSSR count). The fraction of sp³-hybridized carbons (Fsp3) is 0.533. The van der Waals surface area contributed by atoms with Crippen LogP contribution in [0.3, 0.4) is 0 Å². The summed E-state index contributed by atoms with van der Waals surface area (Å²) in [5.74, 6) is 1.21. The number of Topliss-reactive ketones (excluding diaryl/α,β-unsaturated/α-hetero) is 1. The second kappa shape index (κ2) is 4.73. The van der Waals surface area contributed by atoms with Crippen molar-refractivity contribution in [3.63, 3.8) is 0 Å². The van der Waals surface area contributed by atoms with Crippen molar-refractivity contribution in [1.29, 1.82) is 0 Å². The molecule has 96 valence electrons. The molecular weight excluding hydrogens is 226 g/mol. The van der Waals surface area contributed by atoms with Crippen LogP contribution in [0.5, 0.6) is 5.75 Å². The summed E-state index contributed by atoms with van der Waals surface area (Å²) in [6.45, 7) is 1.63. The van der Waals surface area contributed by atoms with Gasteiger partial charge in [0, 0.05) is 18.2 Å². The van der Waals surface area contributed by atoms with E-state index in [1.54, 1.807) is 24.3 Å². The maximum Gasteiger partial charge on any atom is 0.176 e. The predicted octanol–water partition coefficient (Wildman–Crippen LogP) is 2.45. The largest absolute Gasteiger partial charge is 0.508 e. The molecule has 2 saturated carbocycles. The first-order valence-electron chi connectivity index (χ1n) is 6.78. The lowest BCUT2D eigenvalue weighted by molar-refractivity contribution is 0.0921. The van der Waals surface area contributed by atoms with Gasteiger partial charge in [0.25, 0.3) is 0 Å². The Morgan fingerprint density at radius 3 is 2.39 bits per heavy atom. The zero-order valence-electron chi connectivity index (χ0n) is 10.5. The monoisotopic (exact) mass is 245 g/mol. The molecule has 0 radical (unpaired) electrons. The van der Waals surface area contributed by atoms with Gasteiger partial charge in [-0.1, -0.05) is 0 Å². The van der Waals surface area contributed by atoms with Crippen molar-refractivity contribution in [1.82, 2.24) is 4.90 Å². The topological polar surface area (TPSA) is 40.5 Å². The van der Waals surface area contributed by atoms with Crippen LogP contribution in [0.15, 0.2) is 24.3 Å². The zero-order chi connectivity index (χ0) is 12.5. The van der Waals surface area contributed by atoms with E-state index in [9.17, 15) is 9.90 Å². The number of carbonyl (C=O) groups is 1. The third kappa shape index (κ3) is 2.91. The van der Waals surface area contributed by atoms with Crippen LogP contribution in [0, 0.1) is 5.92 Å². The molecule has 2 aliphatic rings. The minimum Gasteiger partial charge on any atom is -0.508 e. The highest BCUT2D eigenvalue weighted by Crippen LogP contribution is 2.34. The van der Waals surface area contributed by atoms with Gasteiger partial charge in [-0.05, 0) is 55.9 Å². The normalized spacial score (nSPS) is 19.2. The summed E-state index contributed by atoms with van der Waals surface area (Å²) < 4.78 is 0. The number of rotatable bonds is 6. The maximum absolute atomic E-state index is 12.2. The highest BCUT2D eigenvalue weighted by Gasteiger charge is 2.34. The average Bonchev–Trinajstić information content (AvgIpc) is 3.23. The third-order valence-electron chi connectivity index (χ3n) is 3.79. The van der Waals surface area contributed by atoms with E-state index in [1.807, 2.05) is 0 Å². The first-order chi connectivity index (χ1) is 8.72. The number of benzene rings is 1. The van der Waals surface area contributed by atoms with E-state index in [1.165, 1.54) is 25.7 Å². The molecular formula is C15H19NO2. The maximum atomic E-state index is 12.2. The van der Waals surface area contributed by atoms with E-state index in [-0.39, 0.29) is 11.5 Å². The summed E-state index contributed by atoms with van der Waals surface area (Å²) in [4.78, 5) is 14.5. The highest BCUT2D eigenvalue weighted by atomic mass is 16.3. The Kier molecular flexibility index (Phi) is 3.08. The van der Waals surface area contributed by atoms with E-state index in [4.69, 9.17) is 0 Å². The summed E-state index contributed by atoms with van der Waals surface area (Å²) in [5, 5.41) is 9.22. The van der Waals surface area contributed by atoms with E-state index < -0.39 is 0 Å². The molecule has 0 bridgehead atoms. The number of phenolic OH excluding ortho intramolecular Hbond substituents is 1. The molecule has 0 unspecified atom stereocenters. The fourth-order valence-corrected chi connectivity index (χ4v) is 2.34. The average molecular weight is 245 g/mol. The third-order valence-corrected chi connectivity index (χ3v) is 3.79. The summed E-state index contributed by atoms with van der Waals surface area (Å²) in [7, 11) is 0. The van der Waals surface area contributed by atoms with Crippen LogP contribution in [0.1, 0.15) is 36.0 Å². The molecule has 2 aliphatic carbocycles. The zero-order valence-corrected chi connectivity index (χ0v) is 10.5. The Hall–Kier alpha value is -1.35. The number of carbonyl (C=O) groups excluding carboxylic acids is 1. The lowest BCUT2D eigenvalue weighted by Crippen LogP contribution is -2.33. The standard InChI is InChI=1S/C15H19NO2/c17-14-7-3-12(4-8-14)15(18)10-16(13-5-6-13)9-11-1-2-11/h3-4,7-8,11,13,17H,1-2,5-6,9-10H2. The Balaban J connectivity index is 1.62. The van der Waals surface area contributed by atoms with Gasteiger partial charge in [-0.15, -0.1) is 0 Å². The van der Waals surface area contributed by atoms with Crippen LogP contribution >= 0.6 is 0 Å². The van der Waals surface area contributed by atoms with E-state index >= 15 is 0 Å². The van der Waals surface area contributed by atoms with Crippen LogP contribution in [0.4, 0.5) is 0 Å². The summed E-state index contributed by atoms with van der Waals surface area (Å²) in [5.41, 5.74) is 0.703. The molecule has 0 aliphatic heterocycles. The fourth-order valence-electron chi connectivity index (χ4n) is 2.34. The minimum atomic E-state index is 0.169. The molecule has 2 fully saturated rings. The Bertz CT molecular complexity index is 432. The van der Waals surface area contributed by atoms with Crippen molar-refractivity contribution < 1.29 is 9.90 Å². The van der Waals surface area contributed by atoms with Gasteiger partial charge in [0.05, 0.1) is 6.54 Å². The Morgan fingerprint density at radius 2 is 1.83 bits per heavy atom. The van der Waals surface area contributed by atoms with E-state index in [0.717, 1.165) is 12.5 Å². The lowest BCUT2D eigenvalue weighted by Gasteiger charge is -2.20. The molecule has 0 atom stereocenters. The smallest absolute Gasteiger partial charge is 0.176 e. The van der Waals surface area contributed by atoms with Gasteiger partial charge in [-0.3, -0.25) is 9.69 Å². The molecule has 1 N–H and O–H groups in total. The number of ketones is 1. The molecule has 18 heavy (non-hydrogen) atoms. The second-order valence-electron chi connectivity index (χ2n) is 5.57. The van der Waals surface area contributed by atoms with Crippen LogP contribution < -0.4 is 0 Å². The number of hydrogen-bond acceptors (Lipinski definition) is 3. The molecule has 1 aromatic rings. The SMILES string of the molecule is O=C(CN(CC1CC1)C1CC1)c1ccc(O)cc1. The first-order valence-corrected chi connectivity index (χ1v) is 6.78. The lowest BCUT2D eigenvalue weighted by atomic mass is 10.1.